The number of imidazole rings is 1. The van der Waals surface area contributed by atoms with Crippen LogP contribution < -0.4 is 5.73 Å². The summed E-state index contributed by atoms with van der Waals surface area (Å²) < 4.78 is 2.00. The lowest BCUT2D eigenvalue weighted by atomic mass is 9.96. The number of nitrogens with zero attached hydrogens (tertiary/aromatic N) is 2. The van der Waals surface area contributed by atoms with Crippen LogP contribution in [0.15, 0.2) is 17.8 Å². The highest BCUT2D eigenvalue weighted by Crippen LogP contribution is 2.32. The third-order valence-corrected chi connectivity index (χ3v) is 4.05. The van der Waals surface area contributed by atoms with Crippen molar-refractivity contribution in [1.29, 1.82) is 0 Å². The predicted molar refractivity (Wildman–Crippen MR) is 63.5 cm³/mol. The minimum absolute atomic E-state index is 0.147. The minimum atomic E-state index is -0.635. The highest BCUT2D eigenvalue weighted by molar-refractivity contribution is 7.15. The average molecular weight is 237 g/mol. The maximum Gasteiger partial charge on any atom is 0.193 e. The van der Waals surface area contributed by atoms with Crippen LogP contribution >= 0.6 is 11.3 Å². The zero-order chi connectivity index (χ0) is 11.2. The first-order chi connectivity index (χ1) is 7.65. The first kappa shape index (κ1) is 10.3. The van der Waals surface area contributed by atoms with Crippen molar-refractivity contribution in [2.75, 3.05) is 0 Å². The Morgan fingerprint density at radius 3 is 3.25 bits per heavy atom. The van der Waals surface area contributed by atoms with E-state index >= 15 is 0 Å². The summed E-state index contributed by atoms with van der Waals surface area (Å²) in [6.07, 6.45) is 7.00. The van der Waals surface area contributed by atoms with Gasteiger partial charge in [-0.1, -0.05) is 0 Å². The Bertz CT molecular complexity index is 478. The Balaban J connectivity index is 1.82. The molecule has 1 aliphatic carbocycles. The maximum atomic E-state index is 10.4. The standard InChI is InChI=1S/C11H15N3OS/c12-8-1-2-11(15,5-8)6-9-7-14-3-4-16-10(14)13-9/h3-4,7-8,15H,1-2,5-6,12H2. The van der Waals surface area contributed by atoms with Crippen LogP contribution in [0, 0.1) is 0 Å². The molecular formula is C11H15N3OS. The molecule has 3 rings (SSSR count). The van der Waals surface area contributed by atoms with E-state index in [4.69, 9.17) is 5.73 Å². The molecule has 16 heavy (non-hydrogen) atoms. The Labute approximate surface area is 97.7 Å². The van der Waals surface area contributed by atoms with Crippen LogP contribution in [0.2, 0.25) is 0 Å². The van der Waals surface area contributed by atoms with Crippen LogP contribution in [0.4, 0.5) is 0 Å². The molecule has 0 spiro atoms. The van der Waals surface area contributed by atoms with Crippen molar-refractivity contribution < 1.29 is 5.11 Å². The van der Waals surface area contributed by atoms with Gasteiger partial charge in [0.15, 0.2) is 4.96 Å². The Morgan fingerprint density at radius 2 is 2.56 bits per heavy atom. The van der Waals surface area contributed by atoms with Gasteiger partial charge in [0.25, 0.3) is 0 Å². The number of hydrogen-bond acceptors (Lipinski definition) is 4. The molecule has 0 bridgehead atoms. The molecule has 0 radical (unpaired) electrons. The van der Waals surface area contributed by atoms with E-state index in [1.165, 1.54) is 0 Å². The summed E-state index contributed by atoms with van der Waals surface area (Å²) in [5, 5.41) is 12.4. The molecule has 3 N–H and O–H groups in total. The van der Waals surface area contributed by atoms with Crippen molar-refractivity contribution >= 4 is 16.3 Å². The van der Waals surface area contributed by atoms with Gasteiger partial charge in [-0.2, -0.15) is 0 Å². The van der Waals surface area contributed by atoms with E-state index < -0.39 is 5.60 Å². The number of rotatable bonds is 2. The topological polar surface area (TPSA) is 63.5 Å². The number of fused-ring (bicyclic) bond motifs is 1. The van der Waals surface area contributed by atoms with Gasteiger partial charge in [-0.15, -0.1) is 11.3 Å². The van der Waals surface area contributed by atoms with Crippen molar-refractivity contribution in [2.45, 2.75) is 37.3 Å². The summed E-state index contributed by atoms with van der Waals surface area (Å²) in [4.78, 5) is 5.47. The third-order valence-electron chi connectivity index (χ3n) is 3.28. The van der Waals surface area contributed by atoms with E-state index in [0.29, 0.717) is 12.8 Å². The van der Waals surface area contributed by atoms with E-state index in [1.807, 2.05) is 22.2 Å². The quantitative estimate of drug-likeness (QED) is 0.824. The second-order valence-electron chi connectivity index (χ2n) is 4.73. The second kappa shape index (κ2) is 3.55. The van der Waals surface area contributed by atoms with E-state index in [0.717, 1.165) is 23.5 Å². The van der Waals surface area contributed by atoms with Gasteiger partial charge in [0.2, 0.25) is 0 Å². The maximum absolute atomic E-state index is 10.4. The number of nitrogens with two attached hydrogens (primary N) is 1. The Hall–Kier alpha value is -0.910. The fourth-order valence-corrected chi connectivity index (χ4v) is 3.22. The Kier molecular flexibility index (Phi) is 2.27. The molecule has 0 aliphatic heterocycles. The Morgan fingerprint density at radius 1 is 1.69 bits per heavy atom. The summed E-state index contributed by atoms with van der Waals surface area (Å²) in [6, 6.07) is 0.147. The molecular weight excluding hydrogens is 222 g/mol. The van der Waals surface area contributed by atoms with Crippen molar-refractivity contribution in [3.05, 3.63) is 23.5 Å². The smallest absolute Gasteiger partial charge is 0.193 e. The van der Waals surface area contributed by atoms with Gasteiger partial charge < -0.3 is 10.8 Å². The summed E-state index contributed by atoms with van der Waals surface area (Å²) in [7, 11) is 0. The molecule has 2 aromatic rings. The third kappa shape index (κ3) is 1.75. The molecule has 0 aromatic carbocycles. The van der Waals surface area contributed by atoms with Gasteiger partial charge in [-0.3, -0.25) is 4.40 Å². The van der Waals surface area contributed by atoms with E-state index in [-0.39, 0.29) is 6.04 Å². The highest BCUT2D eigenvalue weighted by Gasteiger charge is 2.36. The lowest BCUT2D eigenvalue weighted by molar-refractivity contribution is 0.0460. The lowest BCUT2D eigenvalue weighted by Gasteiger charge is -2.20. The van der Waals surface area contributed by atoms with Gasteiger partial charge in [0.05, 0.1) is 11.3 Å². The largest absolute Gasteiger partial charge is 0.389 e. The molecule has 86 valence electrons. The fourth-order valence-electron chi connectivity index (χ4n) is 2.51. The molecule has 2 atom stereocenters. The van der Waals surface area contributed by atoms with Crippen LogP contribution in [0.5, 0.6) is 0 Å². The monoisotopic (exact) mass is 237 g/mol. The van der Waals surface area contributed by atoms with Crippen molar-refractivity contribution in [3.8, 4) is 0 Å². The van der Waals surface area contributed by atoms with E-state index in [9.17, 15) is 5.11 Å². The number of thiazole rings is 1. The van der Waals surface area contributed by atoms with Gasteiger partial charge in [-0.05, 0) is 19.3 Å². The average Bonchev–Trinajstić information content (AvgIpc) is 2.81. The van der Waals surface area contributed by atoms with Crippen LogP contribution in [0.25, 0.3) is 4.96 Å². The molecule has 2 aromatic heterocycles. The first-order valence-electron chi connectivity index (χ1n) is 5.54. The number of aromatic nitrogens is 2. The molecule has 2 heterocycles. The zero-order valence-corrected chi connectivity index (χ0v) is 9.78. The highest BCUT2D eigenvalue weighted by atomic mass is 32.1. The molecule has 1 fully saturated rings. The molecule has 5 heteroatoms. The summed E-state index contributed by atoms with van der Waals surface area (Å²) in [5.41, 5.74) is 6.16. The van der Waals surface area contributed by atoms with Crippen molar-refractivity contribution in [1.82, 2.24) is 9.38 Å². The molecule has 2 unspecified atom stereocenters. The molecule has 1 saturated carbocycles. The van der Waals surface area contributed by atoms with E-state index in [1.54, 1.807) is 11.3 Å². The van der Waals surface area contributed by atoms with Gasteiger partial charge >= 0.3 is 0 Å². The van der Waals surface area contributed by atoms with Gasteiger partial charge in [0.1, 0.15) is 0 Å². The second-order valence-corrected chi connectivity index (χ2v) is 5.60. The van der Waals surface area contributed by atoms with E-state index in [2.05, 4.69) is 4.98 Å². The lowest BCUT2D eigenvalue weighted by Crippen LogP contribution is -2.30. The number of aliphatic hydroxyl groups is 1. The van der Waals surface area contributed by atoms with Crippen LogP contribution in [0.1, 0.15) is 25.0 Å². The predicted octanol–water partition coefficient (Wildman–Crippen LogP) is 1.18. The van der Waals surface area contributed by atoms with Crippen LogP contribution in [-0.4, -0.2) is 26.1 Å². The normalized spacial score (nSPS) is 30.2. The van der Waals surface area contributed by atoms with Crippen molar-refractivity contribution in [2.24, 2.45) is 5.73 Å². The van der Waals surface area contributed by atoms with Gasteiger partial charge in [-0.25, -0.2) is 4.98 Å². The minimum Gasteiger partial charge on any atom is -0.389 e. The van der Waals surface area contributed by atoms with Gasteiger partial charge in [0, 0.05) is 30.2 Å². The van der Waals surface area contributed by atoms with Crippen molar-refractivity contribution in [3.63, 3.8) is 0 Å². The fraction of sp³-hybridized carbons (Fsp3) is 0.545. The molecule has 0 amide bonds. The number of hydrogen-bond donors (Lipinski definition) is 2. The summed E-state index contributed by atoms with van der Waals surface area (Å²) in [5.74, 6) is 0. The summed E-state index contributed by atoms with van der Waals surface area (Å²) in [6.45, 7) is 0. The van der Waals surface area contributed by atoms with Crippen LogP contribution in [-0.2, 0) is 6.42 Å². The molecule has 1 aliphatic rings. The molecule has 4 nitrogen and oxygen atoms in total. The zero-order valence-electron chi connectivity index (χ0n) is 8.97. The van der Waals surface area contributed by atoms with Crippen LogP contribution in [0.3, 0.4) is 0 Å². The first-order valence-corrected chi connectivity index (χ1v) is 6.42. The SMILES string of the molecule is NC1CCC(O)(Cc2cn3ccsc3n2)C1. The summed E-state index contributed by atoms with van der Waals surface area (Å²) >= 11 is 1.61. The molecule has 0 saturated heterocycles.